The number of hydrogen-bond donors (Lipinski definition) is 0. The lowest BCUT2D eigenvalue weighted by Crippen LogP contribution is -2.12. The summed E-state index contributed by atoms with van der Waals surface area (Å²) in [5, 5.41) is 0. The fourth-order valence-corrected chi connectivity index (χ4v) is 1.94. The summed E-state index contributed by atoms with van der Waals surface area (Å²) in [6.07, 6.45) is 2.44. The maximum absolute atomic E-state index is 12.1. The Balaban J connectivity index is 1.82. The van der Waals surface area contributed by atoms with E-state index in [1.54, 1.807) is 18.3 Å². The summed E-state index contributed by atoms with van der Waals surface area (Å²) in [6, 6.07) is 13.0. The van der Waals surface area contributed by atoms with Gasteiger partial charge in [-0.1, -0.05) is 18.2 Å². The smallest absolute Gasteiger partial charge is 0.192 e. The molecule has 1 aromatic heterocycles. The van der Waals surface area contributed by atoms with Crippen LogP contribution in [0.15, 0.2) is 48.7 Å². The van der Waals surface area contributed by atoms with Crippen LogP contribution < -0.4 is 4.74 Å². The zero-order valence-electron chi connectivity index (χ0n) is 12.1. The maximum Gasteiger partial charge on any atom is 0.192 e. The number of aromatic nitrogens is 1. The van der Waals surface area contributed by atoms with Gasteiger partial charge >= 0.3 is 0 Å². The van der Waals surface area contributed by atoms with Crippen molar-refractivity contribution < 1.29 is 14.3 Å². The number of rotatable bonds is 8. The topological polar surface area (TPSA) is 48.4 Å². The molecule has 0 aliphatic carbocycles. The van der Waals surface area contributed by atoms with E-state index in [0.717, 1.165) is 5.69 Å². The lowest BCUT2D eigenvalue weighted by Gasteiger charge is -2.09. The SMILES string of the molecule is CCOc1ccccc1C(=O)COCCc1ccccn1. The van der Waals surface area contributed by atoms with Gasteiger partial charge in [0.2, 0.25) is 0 Å². The van der Waals surface area contributed by atoms with E-state index in [1.165, 1.54) is 0 Å². The molecule has 2 rings (SSSR count). The lowest BCUT2D eigenvalue weighted by atomic mass is 10.1. The third-order valence-electron chi connectivity index (χ3n) is 2.95. The first kappa shape index (κ1) is 15.2. The van der Waals surface area contributed by atoms with Gasteiger partial charge in [-0.25, -0.2) is 0 Å². The molecule has 4 heteroatoms. The number of benzene rings is 1. The lowest BCUT2D eigenvalue weighted by molar-refractivity contribution is 0.0761. The number of ketones is 1. The van der Waals surface area contributed by atoms with Crippen LogP contribution in [0.2, 0.25) is 0 Å². The molecule has 0 N–H and O–H groups in total. The van der Waals surface area contributed by atoms with Gasteiger partial charge in [0.1, 0.15) is 12.4 Å². The van der Waals surface area contributed by atoms with Gasteiger partial charge in [-0.3, -0.25) is 9.78 Å². The molecule has 4 nitrogen and oxygen atoms in total. The average Bonchev–Trinajstić information content (AvgIpc) is 2.53. The van der Waals surface area contributed by atoms with E-state index in [2.05, 4.69) is 4.98 Å². The fraction of sp³-hybridized carbons (Fsp3) is 0.294. The molecule has 0 radical (unpaired) electrons. The van der Waals surface area contributed by atoms with Gasteiger partial charge in [0, 0.05) is 18.3 Å². The van der Waals surface area contributed by atoms with E-state index in [1.807, 2.05) is 37.3 Å². The summed E-state index contributed by atoms with van der Waals surface area (Å²) in [6.45, 7) is 2.95. The Bertz CT molecular complexity index is 569. The zero-order chi connectivity index (χ0) is 14.9. The number of Topliss-reactive ketones (excluding diaryl/α,β-unsaturated/α-hetero) is 1. The summed E-state index contributed by atoms with van der Waals surface area (Å²) in [5.74, 6) is 0.540. The molecule has 0 bridgehead atoms. The van der Waals surface area contributed by atoms with Gasteiger partial charge in [0.15, 0.2) is 5.78 Å². The van der Waals surface area contributed by atoms with Crippen LogP contribution in [0.4, 0.5) is 0 Å². The van der Waals surface area contributed by atoms with E-state index in [4.69, 9.17) is 9.47 Å². The second-order valence-electron chi connectivity index (χ2n) is 4.48. The zero-order valence-corrected chi connectivity index (χ0v) is 12.1. The van der Waals surface area contributed by atoms with Gasteiger partial charge < -0.3 is 9.47 Å². The predicted molar refractivity (Wildman–Crippen MR) is 80.7 cm³/mol. The number of pyridine rings is 1. The highest BCUT2D eigenvalue weighted by Gasteiger charge is 2.11. The number of nitrogens with zero attached hydrogens (tertiary/aromatic N) is 1. The molecule has 1 aromatic carbocycles. The minimum absolute atomic E-state index is 0.0525. The molecule has 0 spiro atoms. The van der Waals surface area contributed by atoms with E-state index < -0.39 is 0 Å². The number of para-hydroxylation sites is 1. The van der Waals surface area contributed by atoms with E-state index >= 15 is 0 Å². The Morgan fingerprint density at radius 1 is 1.14 bits per heavy atom. The Labute approximate surface area is 124 Å². The summed E-state index contributed by atoms with van der Waals surface area (Å²) < 4.78 is 10.9. The van der Waals surface area contributed by atoms with Crippen LogP contribution in [0.5, 0.6) is 5.75 Å². The molecule has 2 aromatic rings. The molecule has 0 aliphatic heterocycles. The van der Waals surface area contributed by atoms with E-state index in [9.17, 15) is 4.79 Å². The van der Waals surface area contributed by atoms with Crippen LogP contribution >= 0.6 is 0 Å². The van der Waals surface area contributed by atoms with Crippen LogP contribution in [-0.4, -0.2) is 30.6 Å². The largest absolute Gasteiger partial charge is 0.493 e. The highest BCUT2D eigenvalue weighted by Crippen LogP contribution is 2.18. The minimum atomic E-state index is -0.0694. The van der Waals surface area contributed by atoms with Gasteiger partial charge in [-0.2, -0.15) is 0 Å². The molecule has 0 unspecified atom stereocenters. The van der Waals surface area contributed by atoms with Crippen molar-refractivity contribution in [1.29, 1.82) is 0 Å². The van der Waals surface area contributed by atoms with Crippen LogP contribution in [0.25, 0.3) is 0 Å². The molecular formula is C17H19NO3. The molecule has 0 saturated heterocycles. The van der Waals surface area contributed by atoms with Crippen LogP contribution in [0, 0.1) is 0 Å². The Morgan fingerprint density at radius 3 is 2.71 bits per heavy atom. The Kier molecular flexibility index (Phi) is 5.91. The van der Waals surface area contributed by atoms with Gasteiger partial charge in [-0.05, 0) is 31.2 Å². The molecule has 21 heavy (non-hydrogen) atoms. The highest BCUT2D eigenvalue weighted by atomic mass is 16.5. The molecule has 0 fully saturated rings. The monoisotopic (exact) mass is 285 g/mol. The van der Waals surface area contributed by atoms with Crippen LogP contribution in [-0.2, 0) is 11.2 Å². The molecule has 0 saturated carbocycles. The molecular weight excluding hydrogens is 266 g/mol. The van der Waals surface area contributed by atoms with E-state index in [-0.39, 0.29) is 12.4 Å². The van der Waals surface area contributed by atoms with Crippen LogP contribution in [0.1, 0.15) is 23.0 Å². The second-order valence-corrected chi connectivity index (χ2v) is 4.48. The van der Waals surface area contributed by atoms with Crippen LogP contribution in [0.3, 0.4) is 0 Å². The first-order chi connectivity index (χ1) is 10.3. The average molecular weight is 285 g/mol. The van der Waals surface area contributed by atoms with Crippen molar-refractivity contribution in [3.8, 4) is 5.75 Å². The molecule has 0 atom stereocenters. The standard InChI is InChI=1S/C17H19NO3/c1-2-21-17-9-4-3-8-15(17)16(19)13-20-12-10-14-7-5-6-11-18-14/h3-9,11H,2,10,12-13H2,1H3. The van der Waals surface area contributed by atoms with Crippen molar-refractivity contribution in [2.24, 2.45) is 0 Å². The molecule has 0 aliphatic rings. The second kappa shape index (κ2) is 8.17. The Hall–Kier alpha value is -2.20. The maximum atomic E-state index is 12.1. The number of carbonyl (C=O) groups is 1. The van der Waals surface area contributed by atoms with Crippen molar-refractivity contribution in [2.75, 3.05) is 19.8 Å². The highest BCUT2D eigenvalue weighted by molar-refractivity contribution is 5.99. The van der Waals surface area contributed by atoms with Crippen molar-refractivity contribution in [2.45, 2.75) is 13.3 Å². The number of carbonyl (C=O) groups excluding carboxylic acids is 1. The fourth-order valence-electron chi connectivity index (χ4n) is 1.94. The van der Waals surface area contributed by atoms with Gasteiger partial charge in [0.25, 0.3) is 0 Å². The summed E-state index contributed by atoms with van der Waals surface area (Å²) in [5.41, 5.74) is 1.52. The van der Waals surface area contributed by atoms with Crippen molar-refractivity contribution in [3.63, 3.8) is 0 Å². The normalized spacial score (nSPS) is 10.3. The molecule has 0 amide bonds. The minimum Gasteiger partial charge on any atom is -0.493 e. The quantitative estimate of drug-likeness (QED) is 0.552. The summed E-state index contributed by atoms with van der Waals surface area (Å²) in [7, 11) is 0. The third-order valence-corrected chi connectivity index (χ3v) is 2.95. The van der Waals surface area contributed by atoms with Crippen molar-refractivity contribution in [1.82, 2.24) is 4.98 Å². The summed E-state index contributed by atoms with van der Waals surface area (Å²) in [4.78, 5) is 16.3. The third kappa shape index (κ3) is 4.68. The van der Waals surface area contributed by atoms with Gasteiger partial charge in [-0.15, -0.1) is 0 Å². The predicted octanol–water partition coefficient (Wildman–Crippen LogP) is 2.92. The molecule has 1 heterocycles. The first-order valence-electron chi connectivity index (χ1n) is 7.04. The number of hydrogen-bond acceptors (Lipinski definition) is 4. The molecule has 110 valence electrons. The van der Waals surface area contributed by atoms with E-state index in [0.29, 0.717) is 30.9 Å². The Morgan fingerprint density at radius 2 is 1.95 bits per heavy atom. The van der Waals surface area contributed by atoms with Crippen molar-refractivity contribution >= 4 is 5.78 Å². The van der Waals surface area contributed by atoms with Gasteiger partial charge in [0.05, 0.1) is 18.8 Å². The first-order valence-corrected chi connectivity index (χ1v) is 7.04. The number of ether oxygens (including phenoxy) is 2. The van der Waals surface area contributed by atoms with Crippen molar-refractivity contribution in [3.05, 3.63) is 59.9 Å². The summed E-state index contributed by atoms with van der Waals surface area (Å²) >= 11 is 0.